The van der Waals surface area contributed by atoms with Gasteiger partial charge in [-0.15, -0.1) is 0 Å². The maximum Gasteiger partial charge on any atom is 0.272 e. The standard InChI is InChI=1S/C14H13NO3/c1-10-5-3-4-6-14(10)18-12-7-8-13(15(16)17)11(2)9-12/h3-9H,1-2H3. The average molecular weight is 243 g/mol. The predicted octanol–water partition coefficient (Wildman–Crippen LogP) is 4.00. The summed E-state index contributed by atoms with van der Waals surface area (Å²) >= 11 is 0. The van der Waals surface area contributed by atoms with Crippen molar-refractivity contribution in [2.24, 2.45) is 0 Å². The lowest BCUT2D eigenvalue weighted by Gasteiger charge is -2.08. The quantitative estimate of drug-likeness (QED) is 0.604. The van der Waals surface area contributed by atoms with Crippen LogP contribution in [0.1, 0.15) is 11.1 Å². The zero-order valence-corrected chi connectivity index (χ0v) is 10.2. The zero-order chi connectivity index (χ0) is 13.1. The van der Waals surface area contributed by atoms with Crippen LogP contribution in [-0.4, -0.2) is 4.92 Å². The summed E-state index contributed by atoms with van der Waals surface area (Å²) < 4.78 is 5.70. The van der Waals surface area contributed by atoms with E-state index in [2.05, 4.69) is 0 Å². The van der Waals surface area contributed by atoms with Crippen LogP contribution in [0.3, 0.4) is 0 Å². The summed E-state index contributed by atoms with van der Waals surface area (Å²) in [6.45, 7) is 3.65. The normalized spacial score (nSPS) is 10.1. The second-order valence-electron chi connectivity index (χ2n) is 4.07. The fourth-order valence-corrected chi connectivity index (χ4v) is 1.69. The van der Waals surface area contributed by atoms with Gasteiger partial charge in [0.25, 0.3) is 5.69 Å². The van der Waals surface area contributed by atoms with Gasteiger partial charge in [0.15, 0.2) is 0 Å². The van der Waals surface area contributed by atoms with Gasteiger partial charge in [0.05, 0.1) is 4.92 Å². The highest BCUT2D eigenvalue weighted by atomic mass is 16.6. The van der Waals surface area contributed by atoms with Crippen LogP contribution in [0.15, 0.2) is 42.5 Å². The van der Waals surface area contributed by atoms with Gasteiger partial charge >= 0.3 is 0 Å². The van der Waals surface area contributed by atoms with E-state index in [0.29, 0.717) is 11.3 Å². The van der Waals surface area contributed by atoms with Crippen LogP contribution in [0.5, 0.6) is 11.5 Å². The fourth-order valence-electron chi connectivity index (χ4n) is 1.69. The van der Waals surface area contributed by atoms with Gasteiger partial charge in [-0.1, -0.05) is 18.2 Å². The molecule has 0 aliphatic rings. The molecule has 92 valence electrons. The van der Waals surface area contributed by atoms with Crippen LogP contribution in [0.2, 0.25) is 0 Å². The molecular weight excluding hydrogens is 230 g/mol. The van der Waals surface area contributed by atoms with Gasteiger partial charge in [0.2, 0.25) is 0 Å². The van der Waals surface area contributed by atoms with Gasteiger partial charge in [-0.3, -0.25) is 10.1 Å². The Morgan fingerprint density at radius 3 is 2.39 bits per heavy atom. The molecule has 0 spiro atoms. The minimum Gasteiger partial charge on any atom is -0.457 e. The molecule has 2 aromatic carbocycles. The van der Waals surface area contributed by atoms with E-state index in [1.165, 1.54) is 6.07 Å². The van der Waals surface area contributed by atoms with Gasteiger partial charge in [0, 0.05) is 11.6 Å². The number of nitrogens with zero attached hydrogens (tertiary/aromatic N) is 1. The SMILES string of the molecule is Cc1ccccc1Oc1ccc([N+](=O)[O-])c(C)c1. The molecule has 4 nitrogen and oxygen atoms in total. The number of nitro groups is 1. The van der Waals surface area contributed by atoms with Crippen molar-refractivity contribution in [3.05, 3.63) is 63.7 Å². The lowest BCUT2D eigenvalue weighted by atomic mass is 10.2. The number of aryl methyl sites for hydroxylation is 2. The van der Waals surface area contributed by atoms with E-state index in [4.69, 9.17) is 4.74 Å². The summed E-state index contributed by atoms with van der Waals surface area (Å²) in [6, 6.07) is 12.4. The molecule has 0 fully saturated rings. The maximum absolute atomic E-state index is 10.7. The van der Waals surface area contributed by atoms with E-state index in [9.17, 15) is 10.1 Å². The average Bonchev–Trinajstić information content (AvgIpc) is 2.32. The van der Waals surface area contributed by atoms with Crippen LogP contribution < -0.4 is 4.74 Å². The number of benzene rings is 2. The van der Waals surface area contributed by atoms with Crippen LogP contribution >= 0.6 is 0 Å². The molecule has 0 amide bonds. The Morgan fingerprint density at radius 2 is 1.78 bits per heavy atom. The van der Waals surface area contributed by atoms with E-state index < -0.39 is 4.92 Å². The molecule has 0 aliphatic heterocycles. The van der Waals surface area contributed by atoms with Crippen molar-refractivity contribution in [3.8, 4) is 11.5 Å². The first-order valence-corrected chi connectivity index (χ1v) is 5.56. The highest BCUT2D eigenvalue weighted by Gasteiger charge is 2.11. The fraction of sp³-hybridized carbons (Fsp3) is 0.143. The molecule has 0 bridgehead atoms. The van der Waals surface area contributed by atoms with Crippen molar-refractivity contribution in [1.29, 1.82) is 0 Å². The third-order valence-corrected chi connectivity index (χ3v) is 2.69. The highest BCUT2D eigenvalue weighted by molar-refractivity contribution is 5.46. The number of nitro benzene ring substituents is 1. The topological polar surface area (TPSA) is 52.4 Å². The smallest absolute Gasteiger partial charge is 0.272 e. The Morgan fingerprint density at radius 1 is 1.06 bits per heavy atom. The minimum absolute atomic E-state index is 0.104. The summed E-state index contributed by atoms with van der Waals surface area (Å²) in [4.78, 5) is 10.3. The molecule has 0 unspecified atom stereocenters. The summed E-state index contributed by atoms with van der Waals surface area (Å²) in [5.41, 5.74) is 1.71. The predicted molar refractivity (Wildman–Crippen MR) is 69.1 cm³/mol. The summed E-state index contributed by atoms with van der Waals surface area (Å²) in [6.07, 6.45) is 0. The Kier molecular flexibility index (Phi) is 3.28. The number of ether oxygens (including phenoxy) is 1. The van der Waals surface area contributed by atoms with Gasteiger partial charge < -0.3 is 4.74 Å². The van der Waals surface area contributed by atoms with Crippen molar-refractivity contribution in [1.82, 2.24) is 0 Å². The van der Waals surface area contributed by atoms with E-state index in [1.807, 2.05) is 31.2 Å². The minimum atomic E-state index is -0.396. The van der Waals surface area contributed by atoms with Crippen LogP contribution in [0.25, 0.3) is 0 Å². The van der Waals surface area contributed by atoms with E-state index >= 15 is 0 Å². The van der Waals surface area contributed by atoms with Crippen molar-refractivity contribution >= 4 is 5.69 Å². The summed E-state index contributed by atoms with van der Waals surface area (Å²) in [7, 11) is 0. The first-order chi connectivity index (χ1) is 8.58. The Balaban J connectivity index is 2.29. The van der Waals surface area contributed by atoms with Crippen molar-refractivity contribution in [2.45, 2.75) is 13.8 Å². The molecule has 0 aliphatic carbocycles. The van der Waals surface area contributed by atoms with E-state index in [0.717, 1.165) is 11.3 Å². The largest absolute Gasteiger partial charge is 0.457 e. The molecule has 0 heterocycles. The molecule has 0 atom stereocenters. The molecular formula is C14H13NO3. The van der Waals surface area contributed by atoms with E-state index in [1.54, 1.807) is 19.1 Å². The molecule has 18 heavy (non-hydrogen) atoms. The van der Waals surface area contributed by atoms with Gasteiger partial charge in [0.1, 0.15) is 11.5 Å². The van der Waals surface area contributed by atoms with Gasteiger partial charge in [-0.2, -0.15) is 0 Å². The molecule has 0 radical (unpaired) electrons. The van der Waals surface area contributed by atoms with Crippen LogP contribution in [0, 0.1) is 24.0 Å². The summed E-state index contributed by atoms with van der Waals surface area (Å²) in [5, 5.41) is 10.7. The second kappa shape index (κ2) is 4.87. The lowest BCUT2D eigenvalue weighted by molar-refractivity contribution is -0.385. The molecule has 0 saturated heterocycles. The first kappa shape index (κ1) is 12.1. The first-order valence-electron chi connectivity index (χ1n) is 5.56. The van der Waals surface area contributed by atoms with Gasteiger partial charge in [-0.05, 0) is 37.6 Å². The number of hydrogen-bond acceptors (Lipinski definition) is 3. The van der Waals surface area contributed by atoms with Gasteiger partial charge in [-0.25, -0.2) is 0 Å². The Bertz CT molecular complexity index is 593. The summed E-state index contributed by atoms with van der Waals surface area (Å²) in [5.74, 6) is 1.36. The lowest BCUT2D eigenvalue weighted by Crippen LogP contribution is -1.93. The Labute approximate surface area is 105 Å². The Hall–Kier alpha value is -2.36. The maximum atomic E-state index is 10.7. The number of rotatable bonds is 3. The zero-order valence-electron chi connectivity index (χ0n) is 10.2. The third-order valence-electron chi connectivity index (χ3n) is 2.69. The van der Waals surface area contributed by atoms with Crippen LogP contribution in [-0.2, 0) is 0 Å². The van der Waals surface area contributed by atoms with Crippen molar-refractivity contribution in [2.75, 3.05) is 0 Å². The van der Waals surface area contributed by atoms with Crippen LogP contribution in [0.4, 0.5) is 5.69 Å². The molecule has 2 rings (SSSR count). The molecule has 2 aromatic rings. The van der Waals surface area contributed by atoms with Crippen molar-refractivity contribution < 1.29 is 9.66 Å². The monoisotopic (exact) mass is 243 g/mol. The second-order valence-corrected chi connectivity index (χ2v) is 4.07. The molecule has 0 N–H and O–H groups in total. The molecule has 0 saturated carbocycles. The number of hydrogen-bond donors (Lipinski definition) is 0. The van der Waals surface area contributed by atoms with E-state index in [-0.39, 0.29) is 5.69 Å². The number of para-hydroxylation sites is 1. The highest BCUT2D eigenvalue weighted by Crippen LogP contribution is 2.28. The molecule has 0 aromatic heterocycles. The molecule has 4 heteroatoms. The third kappa shape index (κ3) is 2.48. The van der Waals surface area contributed by atoms with Crippen molar-refractivity contribution in [3.63, 3.8) is 0 Å².